The van der Waals surface area contributed by atoms with Crippen molar-refractivity contribution in [1.82, 2.24) is 36.8 Å². The molecule has 95 heavy (non-hydrogen) atoms. The van der Waals surface area contributed by atoms with E-state index in [-0.39, 0.29) is 62.1 Å². The van der Waals surface area contributed by atoms with Crippen molar-refractivity contribution in [2.24, 2.45) is 0 Å². The Kier molecular flexibility index (Phi) is 26.7. The van der Waals surface area contributed by atoms with Crippen molar-refractivity contribution in [2.45, 2.75) is 178 Å². The summed E-state index contributed by atoms with van der Waals surface area (Å²) in [6.07, 6.45) is -16.9. The molecule has 0 radical (unpaired) electrons. The van der Waals surface area contributed by atoms with E-state index in [2.05, 4.69) is 31.9 Å². The molecule has 0 bridgehead atoms. The highest BCUT2D eigenvalue weighted by atomic mass is 16.7. The van der Waals surface area contributed by atoms with E-state index in [4.69, 9.17) is 42.6 Å². The van der Waals surface area contributed by atoms with E-state index < -0.39 is 161 Å². The van der Waals surface area contributed by atoms with Crippen molar-refractivity contribution < 1.29 is 107 Å². The largest absolute Gasteiger partial charge is 0.466 e. The maximum atomic E-state index is 14.2. The van der Waals surface area contributed by atoms with Gasteiger partial charge in [0, 0.05) is 56.5 Å². The molecule has 2 heterocycles. The molecule has 12 atom stereocenters. The minimum atomic E-state index is -2.11. The standard InChI is InChI=1S/C60H82N10O25/c1-58(2,3)94-54(76)62-26-9-25-61-29-40-22-23-41(65-55(77)88-31-35-12-18-38(19-13-35)69(83)84)51(91-40)92-48-43(66-56(78)89-32-36-14-20-39(21-15-36)70(85)86)28-42(64-50(74)44(71)24-27-63-53(75)87-30-34-10-16-37(17-11-34)68(81)82)47(45(48)72)93-52-46(73)49(60(7,80)33-90-52)67(8)57(79)95-59(4,5)6/h10-22,41-49,51-52,61,71-73,80H,9,23-33H2,1-8H3,(H,62,76)(H,63,75)(H,64,74)(H,65,77)(H,66,78)/t41-,42-,43+,44-,45-,46-,47+,48-,49-,51-,52-,60+/m1/s1. The van der Waals surface area contributed by atoms with Crippen LogP contribution in [-0.4, -0.2) is 200 Å². The van der Waals surface area contributed by atoms with E-state index in [0.717, 1.165) is 4.90 Å². The fourth-order valence-corrected chi connectivity index (χ4v) is 10.0. The summed E-state index contributed by atoms with van der Waals surface area (Å²) in [5.74, 6) is -0.906. The van der Waals surface area contributed by atoms with Crippen LogP contribution >= 0.6 is 0 Å². The van der Waals surface area contributed by atoms with Crippen molar-refractivity contribution in [3.63, 3.8) is 0 Å². The second-order valence-electron chi connectivity index (χ2n) is 24.7. The van der Waals surface area contributed by atoms with Crippen LogP contribution in [0.3, 0.4) is 0 Å². The van der Waals surface area contributed by atoms with Crippen LogP contribution in [0.15, 0.2) is 84.6 Å². The lowest BCUT2D eigenvalue weighted by molar-refractivity contribution is -0.385. The number of ether oxygens (including phenoxy) is 9. The molecular weight excluding hydrogens is 1260 g/mol. The van der Waals surface area contributed by atoms with Crippen LogP contribution in [0.4, 0.5) is 41.0 Å². The Morgan fingerprint density at radius 3 is 1.60 bits per heavy atom. The summed E-state index contributed by atoms with van der Waals surface area (Å²) in [5, 5.41) is 97.8. The number of carbonyl (C=O) groups excluding carboxylic acids is 6. The minimum Gasteiger partial charge on any atom is -0.466 e. The fraction of sp³-hybridized carbons (Fsp3) is 0.567. The lowest BCUT2D eigenvalue weighted by Gasteiger charge is -2.50. The summed E-state index contributed by atoms with van der Waals surface area (Å²) in [6.45, 7) is 9.66. The lowest BCUT2D eigenvalue weighted by Crippen LogP contribution is -2.70. The maximum absolute atomic E-state index is 14.2. The molecule has 6 amide bonds. The van der Waals surface area contributed by atoms with E-state index in [0.29, 0.717) is 29.7 Å². The summed E-state index contributed by atoms with van der Waals surface area (Å²) >= 11 is 0. The molecule has 1 saturated heterocycles. The smallest absolute Gasteiger partial charge is 0.410 e. The Morgan fingerprint density at radius 2 is 1.11 bits per heavy atom. The normalized spacial score (nSPS) is 23.7. The average Bonchev–Trinajstić information content (AvgIpc) is 0.769. The third-order valence-corrected chi connectivity index (χ3v) is 14.6. The average molecular weight is 1340 g/mol. The first-order valence-electron chi connectivity index (χ1n) is 30.1. The van der Waals surface area contributed by atoms with Crippen LogP contribution in [0.5, 0.6) is 0 Å². The number of likely N-dealkylation sites (N-methyl/N-ethyl adjacent to an activating group) is 1. The molecular formula is C60H82N10O25. The number of amides is 6. The quantitative estimate of drug-likeness (QED) is 0.0224. The number of nitro benzene ring substituents is 3. The Morgan fingerprint density at radius 1 is 0.642 bits per heavy atom. The monoisotopic (exact) mass is 1340 g/mol. The maximum Gasteiger partial charge on any atom is 0.410 e. The van der Waals surface area contributed by atoms with Crippen LogP contribution in [0.2, 0.25) is 0 Å². The summed E-state index contributed by atoms with van der Waals surface area (Å²) < 4.78 is 52.4. The molecule has 35 heteroatoms. The molecule has 522 valence electrons. The van der Waals surface area contributed by atoms with Crippen molar-refractivity contribution in [3.8, 4) is 0 Å². The molecule has 2 fully saturated rings. The third kappa shape index (κ3) is 23.4. The zero-order valence-corrected chi connectivity index (χ0v) is 53.5. The summed E-state index contributed by atoms with van der Waals surface area (Å²) in [6, 6.07) is 9.62. The minimum absolute atomic E-state index is 0.0219. The predicted molar refractivity (Wildman–Crippen MR) is 328 cm³/mol. The number of carbonyl (C=O) groups is 6. The predicted octanol–water partition coefficient (Wildman–Crippen LogP) is 3.84. The second kappa shape index (κ2) is 33.8. The van der Waals surface area contributed by atoms with Crippen LogP contribution in [0.1, 0.15) is 90.8 Å². The zero-order chi connectivity index (χ0) is 70.0. The topological polar surface area (TPSA) is 471 Å². The number of nitrogens with one attached hydrogen (secondary N) is 6. The highest BCUT2D eigenvalue weighted by molar-refractivity contribution is 5.81. The van der Waals surface area contributed by atoms with Gasteiger partial charge in [0.15, 0.2) is 6.29 Å². The van der Waals surface area contributed by atoms with Crippen LogP contribution in [0, 0.1) is 30.3 Å². The van der Waals surface area contributed by atoms with Crippen LogP contribution in [0.25, 0.3) is 0 Å². The first-order chi connectivity index (χ1) is 44.7. The van der Waals surface area contributed by atoms with Gasteiger partial charge in [-0.2, -0.15) is 0 Å². The second-order valence-corrected chi connectivity index (χ2v) is 24.7. The number of nitrogens with zero attached hydrogens (tertiary/aromatic N) is 4. The summed E-state index contributed by atoms with van der Waals surface area (Å²) in [5.41, 5.74) is -3.32. The van der Waals surface area contributed by atoms with Gasteiger partial charge in [0.1, 0.15) is 72.9 Å². The van der Waals surface area contributed by atoms with Crippen molar-refractivity contribution in [2.75, 3.05) is 39.8 Å². The first-order valence-corrected chi connectivity index (χ1v) is 30.1. The van der Waals surface area contributed by atoms with Gasteiger partial charge in [-0.05, 0) is 140 Å². The lowest BCUT2D eigenvalue weighted by atomic mass is 9.82. The number of aliphatic hydroxyl groups is 4. The third-order valence-electron chi connectivity index (χ3n) is 14.6. The molecule has 3 aliphatic rings. The SMILES string of the molecule is CN(C(=O)OC(C)(C)C)[C@@H]1[C@@H](O)[C@@H](O[C@@H]2[C@@H](O)[C@H](O[C@H]3OC(CNCCCNC(=O)OC(C)(C)C)=CC[C@H]3NC(=O)OCc3ccc([N+](=O)[O-])cc3)[C@@H](NC(=O)OCc3ccc([N+](=O)[O-])cc3)C[C@H]2NC(=O)[C@H](O)CCNC(=O)OCc2ccc([N+](=O)[O-])cc2)OC[C@]1(C)O. The van der Waals surface area contributed by atoms with Crippen molar-refractivity contribution in [3.05, 3.63) is 132 Å². The number of hydrogen-bond acceptors (Lipinski definition) is 26. The van der Waals surface area contributed by atoms with E-state index in [1.807, 2.05) is 0 Å². The fourth-order valence-electron chi connectivity index (χ4n) is 10.0. The number of hydrogen-bond donors (Lipinski definition) is 10. The Balaban J connectivity index is 1.31. The molecule has 3 aromatic carbocycles. The van der Waals surface area contributed by atoms with E-state index in [1.165, 1.54) is 86.8 Å². The number of aliphatic hydroxyl groups excluding tert-OH is 3. The number of rotatable bonds is 27. The van der Waals surface area contributed by atoms with E-state index >= 15 is 0 Å². The van der Waals surface area contributed by atoms with Crippen LogP contribution < -0.4 is 31.9 Å². The summed E-state index contributed by atoms with van der Waals surface area (Å²) in [7, 11) is 1.25. The highest BCUT2D eigenvalue weighted by Crippen LogP contribution is 2.35. The van der Waals surface area contributed by atoms with Gasteiger partial charge in [-0.1, -0.05) is 0 Å². The van der Waals surface area contributed by atoms with E-state index in [9.17, 15) is 79.5 Å². The van der Waals surface area contributed by atoms with Gasteiger partial charge in [0.05, 0.1) is 52.1 Å². The van der Waals surface area contributed by atoms with Gasteiger partial charge in [0.2, 0.25) is 12.2 Å². The van der Waals surface area contributed by atoms with Gasteiger partial charge in [-0.15, -0.1) is 0 Å². The molecule has 1 saturated carbocycles. The molecule has 2 aliphatic heterocycles. The van der Waals surface area contributed by atoms with Gasteiger partial charge in [-0.25, -0.2) is 24.0 Å². The summed E-state index contributed by atoms with van der Waals surface area (Å²) in [4.78, 5) is 113. The molecule has 0 unspecified atom stereocenters. The molecule has 35 nitrogen and oxygen atoms in total. The number of non-ortho nitro benzene ring substituents is 3. The Hall–Kier alpha value is -9.10. The van der Waals surface area contributed by atoms with Crippen molar-refractivity contribution in [1.29, 1.82) is 0 Å². The van der Waals surface area contributed by atoms with Gasteiger partial charge >= 0.3 is 30.5 Å². The zero-order valence-electron chi connectivity index (χ0n) is 53.5. The Bertz CT molecular complexity index is 3160. The number of nitro groups is 3. The van der Waals surface area contributed by atoms with Crippen molar-refractivity contribution >= 4 is 53.4 Å². The van der Waals surface area contributed by atoms with Gasteiger partial charge < -0.3 is 99.9 Å². The Labute approximate surface area is 544 Å². The molecule has 0 aromatic heterocycles. The first kappa shape index (κ1) is 74.9. The molecule has 6 rings (SSSR count). The number of alkyl carbamates (subject to hydrolysis) is 4. The van der Waals surface area contributed by atoms with E-state index in [1.54, 1.807) is 47.6 Å². The van der Waals surface area contributed by atoms with Gasteiger partial charge in [-0.3, -0.25) is 35.1 Å². The molecule has 3 aromatic rings. The van der Waals surface area contributed by atoms with Crippen LogP contribution in [-0.2, 0) is 67.2 Å². The molecule has 0 spiro atoms. The highest BCUT2D eigenvalue weighted by Gasteiger charge is 2.55. The number of benzene rings is 3. The molecule has 10 N–H and O–H groups in total. The molecule has 1 aliphatic carbocycles. The van der Waals surface area contributed by atoms with Gasteiger partial charge in [0.25, 0.3) is 17.1 Å².